The summed E-state index contributed by atoms with van der Waals surface area (Å²) in [5.41, 5.74) is 5.10. The molecule has 0 unspecified atom stereocenters. The molecule has 29 heavy (non-hydrogen) atoms. The number of rotatable bonds is 4. The molecule has 3 aromatic rings. The van der Waals surface area contributed by atoms with Crippen LogP contribution in [0.15, 0.2) is 72.8 Å². The minimum absolute atomic E-state index is 0.0955. The monoisotopic (exact) mass is 382 g/mol. The van der Waals surface area contributed by atoms with Crippen LogP contribution in [0.3, 0.4) is 0 Å². The number of hydrogen-bond donors (Lipinski definition) is 2. The molecule has 2 N–H and O–H groups in total. The van der Waals surface area contributed by atoms with E-state index < -0.39 is 0 Å². The van der Waals surface area contributed by atoms with Crippen molar-refractivity contribution < 1.29 is 9.59 Å². The fourth-order valence-electron chi connectivity index (χ4n) is 2.71. The van der Waals surface area contributed by atoms with Crippen LogP contribution in [0.2, 0.25) is 0 Å². The van der Waals surface area contributed by atoms with E-state index in [4.69, 9.17) is 0 Å². The van der Waals surface area contributed by atoms with Gasteiger partial charge < -0.3 is 10.6 Å². The summed E-state index contributed by atoms with van der Waals surface area (Å²) >= 11 is 0. The third-order valence-corrected chi connectivity index (χ3v) is 4.56. The van der Waals surface area contributed by atoms with E-state index in [0.29, 0.717) is 5.56 Å². The van der Waals surface area contributed by atoms with Crippen LogP contribution in [-0.2, 0) is 4.79 Å². The molecule has 0 saturated carbocycles. The zero-order chi connectivity index (χ0) is 20.6. The van der Waals surface area contributed by atoms with Crippen molar-refractivity contribution in [3.63, 3.8) is 0 Å². The molecule has 0 aliphatic heterocycles. The fourth-order valence-corrected chi connectivity index (χ4v) is 2.71. The lowest BCUT2D eigenvalue weighted by Gasteiger charge is -2.11. The number of hydrogen-bond acceptors (Lipinski definition) is 2. The zero-order valence-electron chi connectivity index (χ0n) is 16.5. The minimum Gasteiger partial charge on any atom is -0.343 e. The Kier molecular flexibility index (Phi) is 6.44. The molecule has 3 aromatic carbocycles. The van der Waals surface area contributed by atoms with Gasteiger partial charge in [-0.1, -0.05) is 42.2 Å². The van der Waals surface area contributed by atoms with Crippen LogP contribution in [0.1, 0.15) is 32.6 Å². The third-order valence-electron chi connectivity index (χ3n) is 4.56. The lowest BCUT2D eigenvalue weighted by Crippen LogP contribution is -2.33. The van der Waals surface area contributed by atoms with Crippen LogP contribution in [-0.4, -0.2) is 18.4 Å². The van der Waals surface area contributed by atoms with Crippen LogP contribution < -0.4 is 10.6 Å². The molecule has 0 aliphatic rings. The number of benzene rings is 3. The van der Waals surface area contributed by atoms with Gasteiger partial charge in [-0.25, -0.2) is 0 Å². The first-order valence-electron chi connectivity index (χ1n) is 9.34. The molecule has 3 rings (SSSR count). The van der Waals surface area contributed by atoms with Gasteiger partial charge in [-0.05, 0) is 67.4 Å². The lowest BCUT2D eigenvalue weighted by molar-refractivity contribution is -0.115. The van der Waals surface area contributed by atoms with E-state index in [1.807, 2.05) is 62.4 Å². The molecule has 2 amide bonds. The number of anilines is 1. The van der Waals surface area contributed by atoms with Crippen molar-refractivity contribution in [2.75, 3.05) is 11.9 Å². The summed E-state index contributed by atoms with van der Waals surface area (Å²) in [7, 11) is 0. The number of amides is 2. The maximum Gasteiger partial charge on any atom is 0.251 e. The highest BCUT2D eigenvalue weighted by molar-refractivity contribution is 5.99. The van der Waals surface area contributed by atoms with Gasteiger partial charge in [0.25, 0.3) is 5.91 Å². The molecule has 0 saturated heterocycles. The van der Waals surface area contributed by atoms with Gasteiger partial charge in [0.15, 0.2) is 0 Å². The number of carbonyl (C=O) groups is 2. The summed E-state index contributed by atoms with van der Waals surface area (Å²) < 4.78 is 0. The molecule has 0 aromatic heterocycles. The Labute approximate surface area is 171 Å². The Morgan fingerprint density at radius 1 is 0.793 bits per heavy atom. The second kappa shape index (κ2) is 9.38. The van der Waals surface area contributed by atoms with Crippen LogP contribution in [0.4, 0.5) is 5.69 Å². The van der Waals surface area contributed by atoms with Crippen molar-refractivity contribution in [1.29, 1.82) is 0 Å². The van der Waals surface area contributed by atoms with Crippen molar-refractivity contribution >= 4 is 17.5 Å². The molecule has 0 radical (unpaired) electrons. The normalized spacial score (nSPS) is 9.86. The fraction of sp³-hybridized carbons (Fsp3) is 0.120. The molecular formula is C25H22N2O2. The van der Waals surface area contributed by atoms with Gasteiger partial charge in [0.2, 0.25) is 5.91 Å². The first kappa shape index (κ1) is 19.9. The van der Waals surface area contributed by atoms with Crippen molar-refractivity contribution in [3.05, 3.63) is 101 Å². The topological polar surface area (TPSA) is 58.2 Å². The predicted molar refractivity (Wildman–Crippen MR) is 116 cm³/mol. The third kappa shape index (κ3) is 5.57. The van der Waals surface area contributed by atoms with Crippen molar-refractivity contribution in [1.82, 2.24) is 5.32 Å². The van der Waals surface area contributed by atoms with E-state index >= 15 is 0 Å². The molecule has 0 fully saturated rings. The first-order chi connectivity index (χ1) is 14.0. The van der Waals surface area contributed by atoms with Crippen LogP contribution >= 0.6 is 0 Å². The highest BCUT2D eigenvalue weighted by Gasteiger charge is 2.09. The summed E-state index contributed by atoms with van der Waals surface area (Å²) in [6.45, 7) is 3.84. The average molecular weight is 382 g/mol. The van der Waals surface area contributed by atoms with Gasteiger partial charge in [-0.15, -0.1) is 0 Å². The Balaban J connectivity index is 1.55. The maximum absolute atomic E-state index is 12.3. The summed E-state index contributed by atoms with van der Waals surface area (Å²) in [6.07, 6.45) is 0. The van der Waals surface area contributed by atoms with E-state index in [1.54, 1.807) is 24.3 Å². The van der Waals surface area contributed by atoms with Gasteiger partial charge in [0, 0.05) is 22.4 Å². The number of carbonyl (C=O) groups excluding carboxylic acids is 2. The maximum atomic E-state index is 12.3. The van der Waals surface area contributed by atoms with E-state index in [0.717, 1.165) is 27.9 Å². The van der Waals surface area contributed by atoms with Crippen LogP contribution in [0.25, 0.3) is 0 Å². The van der Waals surface area contributed by atoms with Crippen molar-refractivity contribution in [2.45, 2.75) is 13.8 Å². The number of aryl methyl sites for hydroxylation is 1. The van der Waals surface area contributed by atoms with E-state index in [-0.39, 0.29) is 18.4 Å². The molecule has 0 atom stereocenters. The molecule has 0 spiro atoms. The Bertz CT molecular complexity index is 1080. The predicted octanol–water partition coefficient (Wildman–Crippen LogP) is 4.07. The Hall–Kier alpha value is -3.84. The quantitative estimate of drug-likeness (QED) is 0.668. The highest BCUT2D eigenvalue weighted by Crippen LogP contribution is 2.17. The molecule has 4 heteroatoms. The second-order valence-corrected chi connectivity index (χ2v) is 6.67. The molecule has 0 heterocycles. The largest absolute Gasteiger partial charge is 0.343 e. The van der Waals surface area contributed by atoms with Gasteiger partial charge in [0.1, 0.15) is 0 Å². The molecule has 144 valence electrons. The summed E-state index contributed by atoms with van der Waals surface area (Å²) in [5, 5.41) is 5.47. The zero-order valence-corrected chi connectivity index (χ0v) is 16.5. The van der Waals surface area contributed by atoms with Gasteiger partial charge in [-0.2, -0.15) is 0 Å². The van der Waals surface area contributed by atoms with E-state index in [2.05, 4.69) is 22.5 Å². The summed E-state index contributed by atoms with van der Waals surface area (Å²) in [5.74, 6) is 5.58. The smallest absolute Gasteiger partial charge is 0.251 e. The van der Waals surface area contributed by atoms with E-state index in [1.165, 1.54) is 0 Å². The van der Waals surface area contributed by atoms with Crippen LogP contribution in [0, 0.1) is 25.7 Å². The Morgan fingerprint density at radius 2 is 1.45 bits per heavy atom. The summed E-state index contributed by atoms with van der Waals surface area (Å²) in [4.78, 5) is 24.4. The van der Waals surface area contributed by atoms with Gasteiger partial charge in [-0.3, -0.25) is 9.59 Å². The number of nitrogens with one attached hydrogen (secondary N) is 2. The summed E-state index contributed by atoms with van der Waals surface area (Å²) in [6, 6.07) is 22.4. The highest BCUT2D eigenvalue weighted by atomic mass is 16.2. The molecular weight excluding hydrogens is 360 g/mol. The average Bonchev–Trinajstić information content (AvgIpc) is 2.75. The van der Waals surface area contributed by atoms with Crippen molar-refractivity contribution in [2.24, 2.45) is 0 Å². The van der Waals surface area contributed by atoms with E-state index in [9.17, 15) is 9.59 Å². The standard InChI is InChI=1S/C25H22N2O2/c1-18-7-6-10-23(19(18)2)27-24(28)17-26-25(29)22-15-13-21(14-16-22)12-11-20-8-4-3-5-9-20/h3-10,13-16H,17H2,1-2H3,(H,26,29)(H,27,28). The van der Waals surface area contributed by atoms with Gasteiger partial charge in [0.05, 0.1) is 6.54 Å². The molecule has 0 bridgehead atoms. The minimum atomic E-state index is -0.302. The first-order valence-corrected chi connectivity index (χ1v) is 9.34. The SMILES string of the molecule is Cc1cccc(NC(=O)CNC(=O)c2ccc(C#Cc3ccccc3)cc2)c1C. The Morgan fingerprint density at radius 3 is 2.14 bits per heavy atom. The molecule has 4 nitrogen and oxygen atoms in total. The van der Waals surface area contributed by atoms with Crippen molar-refractivity contribution in [3.8, 4) is 11.8 Å². The molecule has 0 aliphatic carbocycles. The van der Waals surface area contributed by atoms with Crippen LogP contribution in [0.5, 0.6) is 0 Å². The lowest BCUT2D eigenvalue weighted by atomic mass is 10.1. The van der Waals surface area contributed by atoms with Gasteiger partial charge >= 0.3 is 0 Å². The second-order valence-electron chi connectivity index (χ2n) is 6.67.